The molecule has 1 fully saturated rings. The molecule has 8 heteroatoms. The third-order valence-electron chi connectivity index (χ3n) is 5.73. The Morgan fingerprint density at radius 1 is 1.17 bits per heavy atom. The average molecular weight is 472 g/mol. The zero-order valence-electron chi connectivity index (χ0n) is 16.9. The second kappa shape index (κ2) is 9.55. The van der Waals surface area contributed by atoms with Crippen molar-refractivity contribution < 1.29 is 4.79 Å². The molecule has 0 spiro atoms. The molecule has 1 aromatic carbocycles. The molecular formula is C22H26BrN5O2. The lowest BCUT2D eigenvalue weighted by Crippen LogP contribution is -2.29. The molecule has 1 saturated carbocycles. The van der Waals surface area contributed by atoms with Gasteiger partial charge in [0.05, 0.1) is 19.3 Å². The Morgan fingerprint density at radius 2 is 1.93 bits per heavy atom. The summed E-state index contributed by atoms with van der Waals surface area (Å²) in [5.41, 5.74) is 1.46. The highest BCUT2D eigenvalue weighted by Crippen LogP contribution is 2.26. The summed E-state index contributed by atoms with van der Waals surface area (Å²) in [6.45, 7) is 1.42. The van der Waals surface area contributed by atoms with E-state index in [-0.39, 0.29) is 11.5 Å². The monoisotopic (exact) mass is 471 g/mol. The van der Waals surface area contributed by atoms with Crippen LogP contribution in [0.5, 0.6) is 0 Å². The predicted octanol–water partition coefficient (Wildman–Crippen LogP) is 3.49. The normalized spacial score (nSPS) is 14.8. The first-order valence-corrected chi connectivity index (χ1v) is 11.3. The molecule has 0 saturated heterocycles. The van der Waals surface area contributed by atoms with Crippen molar-refractivity contribution in [3.05, 3.63) is 57.2 Å². The SMILES string of the molecule is O=C(CC1CCCCC1)NCCn1ncc2c(=O)n(Cc3ccc(Br)cc3)cnc21. The van der Waals surface area contributed by atoms with Crippen molar-refractivity contribution in [1.82, 2.24) is 24.6 Å². The topological polar surface area (TPSA) is 81.8 Å². The van der Waals surface area contributed by atoms with Crippen molar-refractivity contribution in [1.29, 1.82) is 0 Å². The zero-order valence-corrected chi connectivity index (χ0v) is 18.5. The molecule has 0 bridgehead atoms. The number of carbonyl (C=O) groups excluding carboxylic acids is 1. The Morgan fingerprint density at radius 3 is 2.70 bits per heavy atom. The van der Waals surface area contributed by atoms with Gasteiger partial charge < -0.3 is 5.32 Å². The molecule has 158 valence electrons. The average Bonchev–Trinajstić information content (AvgIpc) is 3.16. The van der Waals surface area contributed by atoms with E-state index in [4.69, 9.17) is 0 Å². The van der Waals surface area contributed by atoms with E-state index in [2.05, 4.69) is 31.3 Å². The van der Waals surface area contributed by atoms with Gasteiger partial charge in [-0.1, -0.05) is 47.3 Å². The maximum absolute atomic E-state index is 12.8. The standard InChI is InChI=1S/C22H26BrN5O2/c23-18-8-6-17(7-9-18)14-27-15-25-21-19(22(27)30)13-26-28(21)11-10-24-20(29)12-16-4-2-1-3-5-16/h6-9,13,15-16H,1-5,10-12,14H2,(H,24,29). The first kappa shape index (κ1) is 20.8. The van der Waals surface area contributed by atoms with Crippen LogP contribution in [0.25, 0.3) is 11.0 Å². The van der Waals surface area contributed by atoms with Crippen molar-refractivity contribution in [2.45, 2.75) is 51.6 Å². The number of hydrogen-bond acceptors (Lipinski definition) is 4. The van der Waals surface area contributed by atoms with E-state index < -0.39 is 0 Å². The summed E-state index contributed by atoms with van der Waals surface area (Å²) in [6.07, 6.45) is 9.83. The van der Waals surface area contributed by atoms with Gasteiger partial charge in [0.25, 0.3) is 5.56 Å². The highest BCUT2D eigenvalue weighted by atomic mass is 79.9. The smallest absolute Gasteiger partial charge is 0.264 e. The lowest BCUT2D eigenvalue weighted by atomic mass is 9.87. The maximum Gasteiger partial charge on any atom is 0.264 e. The number of halogens is 1. The van der Waals surface area contributed by atoms with Crippen molar-refractivity contribution in [2.24, 2.45) is 5.92 Å². The van der Waals surface area contributed by atoms with Crippen LogP contribution in [0.1, 0.15) is 44.1 Å². The van der Waals surface area contributed by atoms with Gasteiger partial charge >= 0.3 is 0 Å². The number of hydrogen-bond donors (Lipinski definition) is 1. The van der Waals surface area contributed by atoms with Crippen LogP contribution in [-0.2, 0) is 17.9 Å². The van der Waals surface area contributed by atoms with Gasteiger partial charge in [-0.2, -0.15) is 5.10 Å². The van der Waals surface area contributed by atoms with Gasteiger partial charge in [-0.05, 0) is 36.5 Å². The molecule has 7 nitrogen and oxygen atoms in total. The molecule has 0 aliphatic heterocycles. The third-order valence-corrected chi connectivity index (χ3v) is 6.26. The summed E-state index contributed by atoms with van der Waals surface area (Å²) < 4.78 is 4.27. The maximum atomic E-state index is 12.8. The largest absolute Gasteiger partial charge is 0.354 e. The van der Waals surface area contributed by atoms with Crippen LogP contribution in [0, 0.1) is 5.92 Å². The number of carbonyl (C=O) groups is 1. The molecule has 3 aromatic rings. The van der Waals surface area contributed by atoms with Gasteiger partial charge in [0, 0.05) is 17.4 Å². The Labute approximate surface area is 183 Å². The lowest BCUT2D eigenvalue weighted by Gasteiger charge is -2.20. The van der Waals surface area contributed by atoms with Crippen LogP contribution in [0.2, 0.25) is 0 Å². The number of amides is 1. The molecule has 1 aliphatic carbocycles. The summed E-state index contributed by atoms with van der Waals surface area (Å²) >= 11 is 3.42. The Balaban J connectivity index is 1.37. The molecule has 0 radical (unpaired) electrons. The number of rotatable bonds is 7. The minimum absolute atomic E-state index is 0.100. The quantitative estimate of drug-likeness (QED) is 0.571. The highest BCUT2D eigenvalue weighted by molar-refractivity contribution is 9.10. The molecule has 0 unspecified atom stereocenters. The van der Waals surface area contributed by atoms with Crippen molar-refractivity contribution >= 4 is 32.9 Å². The van der Waals surface area contributed by atoms with E-state index in [1.807, 2.05) is 24.3 Å². The molecule has 1 amide bonds. The summed E-state index contributed by atoms with van der Waals surface area (Å²) in [5, 5.41) is 7.78. The minimum atomic E-state index is -0.115. The van der Waals surface area contributed by atoms with E-state index in [0.29, 0.717) is 43.0 Å². The molecular weight excluding hydrogens is 446 g/mol. The van der Waals surface area contributed by atoms with E-state index in [9.17, 15) is 9.59 Å². The molecule has 2 aromatic heterocycles. The predicted molar refractivity (Wildman–Crippen MR) is 119 cm³/mol. The van der Waals surface area contributed by atoms with Gasteiger partial charge in [0.2, 0.25) is 5.91 Å². The summed E-state index contributed by atoms with van der Waals surface area (Å²) in [5.74, 6) is 0.623. The Kier molecular flexibility index (Phi) is 6.62. The van der Waals surface area contributed by atoms with E-state index in [1.165, 1.54) is 19.3 Å². The second-order valence-electron chi connectivity index (χ2n) is 7.97. The minimum Gasteiger partial charge on any atom is -0.354 e. The van der Waals surface area contributed by atoms with Gasteiger partial charge in [-0.3, -0.25) is 14.2 Å². The molecule has 1 N–H and O–H groups in total. The van der Waals surface area contributed by atoms with Gasteiger partial charge in [-0.15, -0.1) is 0 Å². The van der Waals surface area contributed by atoms with E-state index in [1.54, 1.807) is 21.8 Å². The van der Waals surface area contributed by atoms with Crippen LogP contribution in [0.15, 0.2) is 46.1 Å². The Bertz CT molecular complexity index is 1070. The van der Waals surface area contributed by atoms with Crippen LogP contribution in [0.3, 0.4) is 0 Å². The number of nitrogens with one attached hydrogen (secondary N) is 1. The fraction of sp³-hybridized carbons (Fsp3) is 0.455. The fourth-order valence-electron chi connectivity index (χ4n) is 4.09. The fourth-order valence-corrected chi connectivity index (χ4v) is 4.35. The van der Waals surface area contributed by atoms with Crippen molar-refractivity contribution in [3.8, 4) is 0 Å². The molecule has 2 heterocycles. The number of aromatic nitrogens is 4. The zero-order chi connectivity index (χ0) is 20.9. The van der Waals surface area contributed by atoms with Crippen LogP contribution in [-0.4, -0.2) is 31.8 Å². The van der Waals surface area contributed by atoms with Crippen molar-refractivity contribution in [3.63, 3.8) is 0 Å². The highest BCUT2D eigenvalue weighted by Gasteiger charge is 2.17. The first-order chi connectivity index (χ1) is 14.6. The number of nitrogens with zero attached hydrogens (tertiary/aromatic N) is 4. The summed E-state index contributed by atoms with van der Waals surface area (Å²) in [4.78, 5) is 29.4. The summed E-state index contributed by atoms with van der Waals surface area (Å²) in [6, 6.07) is 7.85. The second-order valence-corrected chi connectivity index (χ2v) is 8.88. The third kappa shape index (κ3) is 4.98. The number of fused-ring (bicyclic) bond motifs is 1. The van der Waals surface area contributed by atoms with E-state index in [0.717, 1.165) is 22.9 Å². The van der Waals surface area contributed by atoms with Crippen LogP contribution < -0.4 is 10.9 Å². The lowest BCUT2D eigenvalue weighted by molar-refractivity contribution is -0.122. The van der Waals surface area contributed by atoms with E-state index >= 15 is 0 Å². The van der Waals surface area contributed by atoms with Gasteiger partial charge in [-0.25, -0.2) is 9.67 Å². The summed E-state index contributed by atoms with van der Waals surface area (Å²) in [7, 11) is 0. The Hall–Kier alpha value is -2.48. The van der Waals surface area contributed by atoms with Crippen LogP contribution in [0.4, 0.5) is 0 Å². The molecule has 30 heavy (non-hydrogen) atoms. The number of benzene rings is 1. The molecule has 0 atom stereocenters. The molecule has 1 aliphatic rings. The van der Waals surface area contributed by atoms with Crippen LogP contribution >= 0.6 is 15.9 Å². The molecule has 4 rings (SSSR count). The van der Waals surface area contributed by atoms with Gasteiger partial charge in [0.1, 0.15) is 11.7 Å². The first-order valence-electron chi connectivity index (χ1n) is 10.5. The van der Waals surface area contributed by atoms with Crippen molar-refractivity contribution in [2.75, 3.05) is 6.54 Å². The van der Waals surface area contributed by atoms with Gasteiger partial charge in [0.15, 0.2) is 5.65 Å².